The van der Waals surface area contributed by atoms with Gasteiger partial charge in [0.15, 0.2) is 5.76 Å². The second-order valence-electron chi connectivity index (χ2n) is 10.9. The third kappa shape index (κ3) is 6.96. The third-order valence-corrected chi connectivity index (χ3v) is 7.81. The molecule has 3 amide bonds. The summed E-state index contributed by atoms with van der Waals surface area (Å²) in [6.07, 6.45) is 1.01. The monoisotopic (exact) mass is 541 g/mol. The van der Waals surface area contributed by atoms with E-state index in [9.17, 15) is 14.7 Å². The van der Waals surface area contributed by atoms with Gasteiger partial charge in [0.05, 0.1) is 44.4 Å². The SMILES string of the molecule is Cc1noc(C)c1NC(=O)N1C[C@H](O)COC[C@H]2O[C@H](CC(=O)N[C@@H]3CCN(Cc4ccccc4)C3)CC[C@@H]21. The fourth-order valence-corrected chi connectivity index (χ4v) is 5.84. The van der Waals surface area contributed by atoms with Gasteiger partial charge in [-0.25, -0.2) is 4.79 Å². The molecule has 2 aromatic rings. The molecule has 0 saturated carbocycles. The van der Waals surface area contributed by atoms with Crippen LogP contribution in [0.15, 0.2) is 34.9 Å². The predicted molar refractivity (Wildman–Crippen MR) is 143 cm³/mol. The Morgan fingerprint density at radius 3 is 2.69 bits per heavy atom. The van der Waals surface area contributed by atoms with Crippen molar-refractivity contribution in [3.63, 3.8) is 0 Å². The number of carbonyl (C=O) groups is 2. The molecule has 3 saturated heterocycles. The summed E-state index contributed by atoms with van der Waals surface area (Å²) in [7, 11) is 0. The maximum atomic E-state index is 13.3. The third-order valence-electron chi connectivity index (χ3n) is 7.81. The Morgan fingerprint density at radius 2 is 1.92 bits per heavy atom. The van der Waals surface area contributed by atoms with E-state index >= 15 is 0 Å². The van der Waals surface area contributed by atoms with E-state index in [2.05, 4.69) is 32.8 Å². The largest absolute Gasteiger partial charge is 0.389 e. The highest BCUT2D eigenvalue weighted by molar-refractivity contribution is 5.90. The van der Waals surface area contributed by atoms with Gasteiger partial charge in [-0.3, -0.25) is 9.69 Å². The Hall–Kier alpha value is -2.99. The molecule has 1 aromatic heterocycles. The number of nitrogens with one attached hydrogen (secondary N) is 2. The van der Waals surface area contributed by atoms with Gasteiger partial charge in [-0.1, -0.05) is 35.5 Å². The maximum absolute atomic E-state index is 13.3. The molecular weight excluding hydrogens is 502 g/mol. The van der Waals surface area contributed by atoms with E-state index in [4.69, 9.17) is 14.0 Å². The molecule has 0 spiro atoms. The first-order valence-corrected chi connectivity index (χ1v) is 13.8. The summed E-state index contributed by atoms with van der Waals surface area (Å²) in [6.45, 7) is 6.64. The lowest BCUT2D eigenvalue weighted by molar-refractivity contribution is -0.150. The summed E-state index contributed by atoms with van der Waals surface area (Å²) in [5.74, 6) is 0.505. The molecule has 0 bridgehead atoms. The van der Waals surface area contributed by atoms with E-state index < -0.39 is 12.2 Å². The van der Waals surface area contributed by atoms with Crippen LogP contribution in [0.5, 0.6) is 0 Å². The fraction of sp³-hybridized carbons (Fsp3) is 0.607. The Kier molecular flexibility index (Phi) is 8.81. The fourth-order valence-electron chi connectivity index (χ4n) is 5.84. The zero-order valence-corrected chi connectivity index (χ0v) is 22.7. The molecule has 0 radical (unpaired) electrons. The van der Waals surface area contributed by atoms with E-state index in [1.807, 2.05) is 18.2 Å². The molecule has 39 heavy (non-hydrogen) atoms. The number of anilines is 1. The van der Waals surface area contributed by atoms with Crippen LogP contribution in [0, 0.1) is 13.8 Å². The first kappa shape index (κ1) is 27.6. The molecule has 5 rings (SSSR count). The van der Waals surface area contributed by atoms with Crippen molar-refractivity contribution in [2.45, 2.75) is 76.5 Å². The number of hydrogen-bond donors (Lipinski definition) is 3. The summed E-state index contributed by atoms with van der Waals surface area (Å²) in [5, 5.41) is 20.4. The van der Waals surface area contributed by atoms with Gasteiger partial charge >= 0.3 is 6.03 Å². The number of aliphatic hydroxyl groups is 1. The molecule has 3 aliphatic heterocycles. The predicted octanol–water partition coefficient (Wildman–Crippen LogP) is 2.21. The van der Waals surface area contributed by atoms with E-state index in [-0.39, 0.29) is 56.3 Å². The number of aryl methyl sites for hydroxylation is 2. The molecule has 212 valence electrons. The zero-order chi connectivity index (χ0) is 27.4. The van der Waals surface area contributed by atoms with Crippen LogP contribution in [0.4, 0.5) is 10.5 Å². The number of aliphatic hydroxyl groups excluding tert-OH is 1. The van der Waals surface area contributed by atoms with Crippen LogP contribution >= 0.6 is 0 Å². The van der Waals surface area contributed by atoms with Gasteiger partial charge < -0.3 is 34.6 Å². The van der Waals surface area contributed by atoms with Crippen LogP contribution in [-0.4, -0.2) is 95.2 Å². The Morgan fingerprint density at radius 1 is 1.10 bits per heavy atom. The number of ether oxygens (including phenoxy) is 2. The topological polar surface area (TPSA) is 129 Å². The number of aromatic nitrogens is 1. The van der Waals surface area contributed by atoms with Crippen LogP contribution in [0.3, 0.4) is 0 Å². The number of fused-ring (bicyclic) bond motifs is 1. The molecule has 3 aliphatic rings. The van der Waals surface area contributed by atoms with Crippen molar-refractivity contribution >= 4 is 17.6 Å². The number of β-amino-alcohol motifs (C(OH)–C–C–N with tert-alkyl or cyclic N) is 1. The number of benzene rings is 1. The van der Waals surface area contributed by atoms with Crippen molar-refractivity contribution < 1.29 is 28.7 Å². The van der Waals surface area contributed by atoms with E-state index in [0.717, 1.165) is 26.1 Å². The molecule has 1 aromatic carbocycles. The molecular formula is C28H39N5O6. The molecule has 0 aliphatic carbocycles. The molecule has 0 unspecified atom stereocenters. The van der Waals surface area contributed by atoms with E-state index in [1.165, 1.54) is 5.56 Å². The molecule has 11 heteroatoms. The van der Waals surface area contributed by atoms with Crippen LogP contribution in [0.1, 0.15) is 42.7 Å². The number of likely N-dealkylation sites (tertiary alicyclic amines) is 1. The van der Waals surface area contributed by atoms with Crippen molar-refractivity contribution in [3.8, 4) is 0 Å². The minimum atomic E-state index is -0.808. The van der Waals surface area contributed by atoms with Crippen molar-refractivity contribution in [1.29, 1.82) is 0 Å². The van der Waals surface area contributed by atoms with Crippen LogP contribution in [0.25, 0.3) is 0 Å². The number of urea groups is 1. The van der Waals surface area contributed by atoms with Crippen LogP contribution < -0.4 is 10.6 Å². The van der Waals surface area contributed by atoms with E-state index in [0.29, 0.717) is 30.0 Å². The van der Waals surface area contributed by atoms with Gasteiger partial charge in [0.25, 0.3) is 0 Å². The van der Waals surface area contributed by atoms with Crippen LogP contribution in [-0.2, 0) is 20.8 Å². The molecule has 3 N–H and O–H groups in total. The standard InChI is InChI=1S/C28H39N5O6/c1-18-27(19(2)39-31-18)30-28(36)33-15-22(34)16-37-17-25-24(33)9-8-23(38-25)12-26(35)29-21-10-11-32(14-21)13-20-6-4-3-5-7-20/h3-7,21-25,34H,8-17H2,1-2H3,(H,29,35)(H,30,36)/t21-,22+,23+,24+,25-/m1/s1. The first-order chi connectivity index (χ1) is 18.9. The number of hydrogen-bond acceptors (Lipinski definition) is 8. The lowest BCUT2D eigenvalue weighted by atomic mass is 9.95. The average Bonchev–Trinajstić information content (AvgIpc) is 3.47. The molecule has 3 fully saturated rings. The summed E-state index contributed by atoms with van der Waals surface area (Å²) in [5.41, 5.74) is 2.40. The minimum Gasteiger partial charge on any atom is -0.389 e. The van der Waals surface area contributed by atoms with Crippen molar-refractivity contribution in [2.75, 3.05) is 38.2 Å². The highest BCUT2D eigenvalue weighted by Crippen LogP contribution is 2.29. The molecule has 4 heterocycles. The van der Waals surface area contributed by atoms with Gasteiger partial charge in [-0.2, -0.15) is 0 Å². The Bertz CT molecular complexity index is 1110. The lowest BCUT2D eigenvalue weighted by Gasteiger charge is -2.44. The van der Waals surface area contributed by atoms with Crippen LogP contribution in [0.2, 0.25) is 0 Å². The zero-order valence-electron chi connectivity index (χ0n) is 22.7. The number of carbonyl (C=O) groups excluding carboxylic acids is 2. The van der Waals surface area contributed by atoms with Gasteiger partial charge in [-0.05, 0) is 38.7 Å². The average molecular weight is 542 g/mol. The smallest absolute Gasteiger partial charge is 0.322 e. The first-order valence-electron chi connectivity index (χ1n) is 13.8. The normalized spacial score (nSPS) is 27.9. The minimum absolute atomic E-state index is 0.0137. The highest BCUT2D eigenvalue weighted by Gasteiger charge is 2.40. The summed E-state index contributed by atoms with van der Waals surface area (Å²) < 4.78 is 17.2. The van der Waals surface area contributed by atoms with Gasteiger partial charge in [0.1, 0.15) is 17.5 Å². The lowest BCUT2D eigenvalue weighted by Crippen LogP contribution is -2.58. The molecule has 11 nitrogen and oxygen atoms in total. The summed E-state index contributed by atoms with van der Waals surface area (Å²) in [4.78, 5) is 30.2. The Balaban J connectivity index is 1.14. The Labute approximate surface area is 228 Å². The number of nitrogens with zero attached hydrogens (tertiary/aromatic N) is 3. The summed E-state index contributed by atoms with van der Waals surface area (Å²) >= 11 is 0. The van der Waals surface area contributed by atoms with Gasteiger partial charge in [0, 0.05) is 25.7 Å². The van der Waals surface area contributed by atoms with Crippen molar-refractivity contribution in [1.82, 2.24) is 20.3 Å². The summed E-state index contributed by atoms with van der Waals surface area (Å²) in [6, 6.07) is 9.86. The van der Waals surface area contributed by atoms with Crippen molar-refractivity contribution in [3.05, 3.63) is 47.3 Å². The number of amides is 3. The maximum Gasteiger partial charge on any atom is 0.322 e. The van der Waals surface area contributed by atoms with Gasteiger partial charge in [0.2, 0.25) is 5.91 Å². The molecule has 5 atom stereocenters. The second-order valence-corrected chi connectivity index (χ2v) is 10.9. The van der Waals surface area contributed by atoms with E-state index in [1.54, 1.807) is 18.7 Å². The van der Waals surface area contributed by atoms with Crippen molar-refractivity contribution in [2.24, 2.45) is 0 Å². The van der Waals surface area contributed by atoms with Gasteiger partial charge in [-0.15, -0.1) is 0 Å². The quantitative estimate of drug-likeness (QED) is 0.508. The second kappa shape index (κ2) is 12.5. The number of rotatable bonds is 6. The highest BCUT2D eigenvalue weighted by atomic mass is 16.5.